The van der Waals surface area contributed by atoms with E-state index in [1.54, 1.807) is 13.2 Å². The Balaban J connectivity index is 1.79. The van der Waals surface area contributed by atoms with Gasteiger partial charge in [0.2, 0.25) is 6.79 Å². The first-order chi connectivity index (χ1) is 18.5. The predicted octanol–water partition coefficient (Wildman–Crippen LogP) is 4.57. The van der Waals surface area contributed by atoms with Crippen LogP contribution < -0.4 is 23.7 Å². The smallest absolute Gasteiger partial charge is 0.303 e. The molecule has 0 amide bonds. The van der Waals surface area contributed by atoms with Gasteiger partial charge in [-0.1, -0.05) is 25.1 Å². The Kier molecular flexibility index (Phi) is 7.33. The van der Waals surface area contributed by atoms with Gasteiger partial charge < -0.3 is 33.9 Å². The topological polar surface area (TPSA) is 104 Å². The lowest BCUT2D eigenvalue weighted by atomic mass is 9.64. The summed E-state index contributed by atoms with van der Waals surface area (Å²) >= 11 is 0. The molecule has 0 aromatic heterocycles. The molecule has 3 aromatic rings. The van der Waals surface area contributed by atoms with Gasteiger partial charge in [0.15, 0.2) is 11.5 Å². The molecule has 5 rings (SSSR count). The summed E-state index contributed by atoms with van der Waals surface area (Å²) in [6, 6.07) is 17.3. The van der Waals surface area contributed by atoms with E-state index in [9.17, 15) is 15.0 Å². The average Bonchev–Trinajstić information content (AvgIpc) is 3.52. The quantitative estimate of drug-likeness (QED) is 0.379. The molecule has 2 unspecified atom stereocenters. The van der Waals surface area contributed by atoms with E-state index in [4.69, 9.17) is 23.7 Å². The maximum Gasteiger partial charge on any atom is 0.303 e. The van der Waals surface area contributed by atoms with E-state index in [0.717, 1.165) is 34.4 Å². The average molecular weight is 521 g/mol. The summed E-state index contributed by atoms with van der Waals surface area (Å²) in [7, 11) is 1.58. The monoisotopic (exact) mass is 520 g/mol. The number of carbonyl (C=O) groups is 1. The van der Waals surface area contributed by atoms with Crippen LogP contribution in [0.4, 0.5) is 0 Å². The number of methoxy groups -OCH3 is 1. The van der Waals surface area contributed by atoms with Crippen molar-refractivity contribution in [1.29, 1.82) is 0 Å². The molecule has 0 radical (unpaired) electrons. The molecule has 1 aliphatic carbocycles. The van der Waals surface area contributed by atoms with Crippen molar-refractivity contribution in [2.45, 2.75) is 31.6 Å². The van der Waals surface area contributed by atoms with Crippen LogP contribution in [-0.2, 0) is 16.6 Å². The maximum absolute atomic E-state index is 12.3. The van der Waals surface area contributed by atoms with E-state index < -0.39 is 11.4 Å². The fraction of sp³-hybridized carbons (Fsp3) is 0.367. The zero-order chi connectivity index (χ0) is 26.7. The van der Waals surface area contributed by atoms with Crippen LogP contribution in [0, 0.1) is 5.92 Å². The minimum absolute atomic E-state index is 0.0697. The highest BCUT2D eigenvalue weighted by atomic mass is 16.7. The van der Waals surface area contributed by atoms with Gasteiger partial charge in [-0.05, 0) is 65.8 Å². The van der Waals surface area contributed by atoms with Gasteiger partial charge in [0.1, 0.15) is 23.9 Å². The summed E-state index contributed by atoms with van der Waals surface area (Å²) < 4.78 is 28.8. The number of carboxylic acid groups (broad SMARTS) is 1. The molecular weight excluding hydrogens is 488 g/mol. The Morgan fingerprint density at radius 1 is 0.974 bits per heavy atom. The molecule has 1 heterocycles. The van der Waals surface area contributed by atoms with Crippen LogP contribution in [0.15, 0.2) is 54.6 Å². The number of aliphatic carboxylic acids is 1. The fourth-order valence-electron chi connectivity index (χ4n) is 5.79. The van der Waals surface area contributed by atoms with Crippen molar-refractivity contribution < 1.29 is 38.7 Å². The molecule has 38 heavy (non-hydrogen) atoms. The Hall–Kier alpha value is -3.91. The van der Waals surface area contributed by atoms with E-state index in [1.165, 1.54) is 0 Å². The highest BCUT2D eigenvalue weighted by Gasteiger charge is 2.52. The van der Waals surface area contributed by atoms with Crippen LogP contribution in [-0.4, -0.2) is 49.9 Å². The molecule has 2 atom stereocenters. The van der Waals surface area contributed by atoms with E-state index in [0.29, 0.717) is 36.0 Å². The molecule has 0 bridgehead atoms. The lowest BCUT2D eigenvalue weighted by Gasteiger charge is -2.39. The summed E-state index contributed by atoms with van der Waals surface area (Å²) in [5, 5.41) is 19.6. The van der Waals surface area contributed by atoms with Crippen molar-refractivity contribution in [3.05, 3.63) is 76.9 Å². The minimum Gasteiger partial charge on any atom is -0.497 e. The first-order valence-corrected chi connectivity index (χ1v) is 12.8. The number of hydrogen-bond donors (Lipinski definition) is 2. The van der Waals surface area contributed by atoms with Gasteiger partial charge in [0.25, 0.3) is 0 Å². The molecule has 2 aliphatic rings. The second kappa shape index (κ2) is 10.8. The molecular formula is C30H32O8. The lowest BCUT2D eigenvalue weighted by Crippen LogP contribution is -2.36. The Bertz CT molecular complexity index is 1320. The number of ether oxygens (including phenoxy) is 5. The fourth-order valence-corrected chi connectivity index (χ4v) is 5.79. The van der Waals surface area contributed by atoms with Crippen LogP contribution in [0.25, 0.3) is 0 Å². The van der Waals surface area contributed by atoms with Gasteiger partial charge >= 0.3 is 5.97 Å². The predicted molar refractivity (Wildman–Crippen MR) is 140 cm³/mol. The van der Waals surface area contributed by atoms with Crippen molar-refractivity contribution in [3.63, 3.8) is 0 Å². The van der Waals surface area contributed by atoms with E-state index in [1.807, 2.05) is 48.5 Å². The molecule has 0 spiro atoms. The van der Waals surface area contributed by atoms with E-state index >= 15 is 0 Å². The van der Waals surface area contributed by atoms with Crippen molar-refractivity contribution in [2.24, 2.45) is 5.92 Å². The standard InChI is InChI=1S/C30H32O8/c1-3-11-35-23-6-7-24-19(14-23)13-21(16-29(32)33)30(24,20-4-9-26-28(15-20)38-18-37-26)25-8-5-22(34-2)17-27(25)36-12-10-31/h4-9,14-15,17,21,31H,3,10-13,16,18H2,1-2H3,(H,32,33). The number of aliphatic hydroxyl groups is 1. The zero-order valence-electron chi connectivity index (χ0n) is 21.6. The molecule has 200 valence electrons. The van der Waals surface area contributed by atoms with Gasteiger partial charge in [-0.15, -0.1) is 0 Å². The highest BCUT2D eigenvalue weighted by Crippen LogP contribution is 2.57. The summed E-state index contributed by atoms with van der Waals surface area (Å²) in [6.07, 6.45) is 1.35. The van der Waals surface area contributed by atoms with Gasteiger partial charge in [-0.25, -0.2) is 0 Å². The molecule has 0 fully saturated rings. The molecule has 8 heteroatoms. The molecule has 2 N–H and O–H groups in total. The van der Waals surface area contributed by atoms with Crippen LogP contribution >= 0.6 is 0 Å². The number of fused-ring (bicyclic) bond motifs is 2. The minimum atomic E-state index is -0.894. The lowest BCUT2D eigenvalue weighted by molar-refractivity contribution is -0.138. The highest BCUT2D eigenvalue weighted by molar-refractivity contribution is 5.71. The number of benzene rings is 3. The van der Waals surface area contributed by atoms with Crippen molar-refractivity contribution in [3.8, 4) is 28.7 Å². The van der Waals surface area contributed by atoms with Gasteiger partial charge in [-0.2, -0.15) is 0 Å². The van der Waals surface area contributed by atoms with E-state index in [-0.39, 0.29) is 32.3 Å². The Labute approximate surface area is 221 Å². The van der Waals surface area contributed by atoms with Crippen molar-refractivity contribution >= 4 is 5.97 Å². The summed E-state index contributed by atoms with van der Waals surface area (Å²) in [6.45, 7) is 2.70. The maximum atomic E-state index is 12.3. The summed E-state index contributed by atoms with van der Waals surface area (Å²) in [4.78, 5) is 12.3. The largest absolute Gasteiger partial charge is 0.497 e. The third-order valence-corrected chi connectivity index (χ3v) is 7.26. The number of aliphatic hydroxyl groups excluding tert-OH is 1. The first kappa shape index (κ1) is 25.7. The van der Waals surface area contributed by atoms with Crippen LogP contribution in [0.5, 0.6) is 28.7 Å². The number of hydrogen-bond acceptors (Lipinski definition) is 7. The van der Waals surface area contributed by atoms with Crippen LogP contribution in [0.2, 0.25) is 0 Å². The molecule has 3 aromatic carbocycles. The SMILES string of the molecule is CCCOc1ccc2c(c1)CC(CC(=O)O)C2(c1ccc2c(c1)OCO2)c1ccc(OC)cc1OCCO. The zero-order valence-corrected chi connectivity index (χ0v) is 21.6. The molecule has 8 nitrogen and oxygen atoms in total. The second-order valence-electron chi connectivity index (χ2n) is 9.48. The van der Waals surface area contributed by atoms with Crippen molar-refractivity contribution in [2.75, 3.05) is 33.7 Å². The molecule has 0 saturated carbocycles. The third-order valence-electron chi connectivity index (χ3n) is 7.26. The Morgan fingerprint density at radius 3 is 2.53 bits per heavy atom. The van der Waals surface area contributed by atoms with Gasteiger partial charge in [0.05, 0.1) is 25.7 Å². The van der Waals surface area contributed by atoms with E-state index in [2.05, 4.69) is 6.92 Å². The van der Waals surface area contributed by atoms with Crippen LogP contribution in [0.3, 0.4) is 0 Å². The summed E-state index contributed by atoms with van der Waals surface area (Å²) in [5.74, 6) is 1.89. The summed E-state index contributed by atoms with van der Waals surface area (Å²) in [5.41, 5.74) is 2.76. The Morgan fingerprint density at radius 2 is 1.76 bits per heavy atom. The normalized spacial score (nSPS) is 19.2. The van der Waals surface area contributed by atoms with Crippen LogP contribution in [0.1, 0.15) is 42.0 Å². The first-order valence-electron chi connectivity index (χ1n) is 12.8. The van der Waals surface area contributed by atoms with Gasteiger partial charge in [-0.3, -0.25) is 4.79 Å². The van der Waals surface area contributed by atoms with Gasteiger partial charge in [0, 0.05) is 18.1 Å². The van der Waals surface area contributed by atoms with Crippen molar-refractivity contribution in [1.82, 2.24) is 0 Å². The second-order valence-corrected chi connectivity index (χ2v) is 9.48. The molecule has 1 aliphatic heterocycles. The molecule has 0 saturated heterocycles. The third kappa shape index (κ3) is 4.49. The number of rotatable bonds is 11. The number of carboxylic acids is 1.